The molecule has 122 valence electrons. The van der Waals surface area contributed by atoms with Gasteiger partial charge in [0, 0.05) is 56.3 Å². The van der Waals surface area contributed by atoms with E-state index < -0.39 is 0 Å². The van der Waals surface area contributed by atoms with Gasteiger partial charge < -0.3 is 10.1 Å². The third-order valence-electron chi connectivity index (χ3n) is 5.74. The van der Waals surface area contributed by atoms with Crippen LogP contribution in [0, 0.1) is 5.41 Å². The Morgan fingerprint density at radius 1 is 1.19 bits per heavy atom. The van der Waals surface area contributed by atoms with Gasteiger partial charge in [0.25, 0.3) is 0 Å². The highest BCUT2D eigenvalue weighted by Crippen LogP contribution is 2.32. The van der Waals surface area contributed by atoms with Gasteiger partial charge in [-0.15, -0.1) is 0 Å². The van der Waals surface area contributed by atoms with Gasteiger partial charge in [-0.25, -0.2) is 0 Å². The normalized spacial score (nSPS) is 39.6. The van der Waals surface area contributed by atoms with Gasteiger partial charge in [0.1, 0.15) is 0 Å². The Labute approximate surface area is 130 Å². The van der Waals surface area contributed by atoms with Crippen LogP contribution in [0.4, 0.5) is 0 Å². The predicted molar refractivity (Wildman–Crippen MR) is 86.6 cm³/mol. The van der Waals surface area contributed by atoms with Crippen LogP contribution in [0.25, 0.3) is 0 Å². The Hall–Kier alpha value is -0.160. The number of ether oxygens (including phenoxy) is 1. The minimum atomic E-state index is 0.343. The highest BCUT2D eigenvalue weighted by Gasteiger charge is 2.38. The first-order valence-electron chi connectivity index (χ1n) is 8.83. The van der Waals surface area contributed by atoms with E-state index in [1.165, 1.54) is 45.3 Å². The molecule has 3 atom stereocenters. The molecule has 3 rings (SSSR count). The molecule has 1 saturated carbocycles. The molecule has 4 heteroatoms. The highest BCUT2D eigenvalue weighted by molar-refractivity contribution is 4.93. The summed E-state index contributed by atoms with van der Waals surface area (Å²) in [6.45, 7) is 11.4. The number of nitrogens with zero attached hydrogens (tertiary/aromatic N) is 2. The van der Waals surface area contributed by atoms with Gasteiger partial charge in [-0.1, -0.05) is 0 Å². The van der Waals surface area contributed by atoms with Gasteiger partial charge in [0.05, 0.1) is 6.61 Å². The van der Waals surface area contributed by atoms with Crippen LogP contribution < -0.4 is 5.32 Å². The molecule has 1 aliphatic carbocycles. The van der Waals surface area contributed by atoms with Crippen LogP contribution in [-0.2, 0) is 4.74 Å². The summed E-state index contributed by atoms with van der Waals surface area (Å²) in [6, 6.07) is 2.12. The van der Waals surface area contributed by atoms with Gasteiger partial charge in [0.15, 0.2) is 0 Å². The fraction of sp³-hybridized carbons (Fsp3) is 1.00. The largest absolute Gasteiger partial charge is 0.381 e. The van der Waals surface area contributed by atoms with Crippen LogP contribution in [-0.4, -0.2) is 74.4 Å². The van der Waals surface area contributed by atoms with Gasteiger partial charge in [-0.3, -0.25) is 9.80 Å². The number of rotatable bonds is 5. The third kappa shape index (κ3) is 3.98. The Bertz CT molecular complexity index is 327. The number of hydrogen-bond acceptors (Lipinski definition) is 4. The Kier molecular flexibility index (Phi) is 4.89. The number of likely N-dealkylation sites (N-methyl/N-ethyl adjacent to an activating group) is 1. The number of hydrogen-bond donors (Lipinski definition) is 1. The van der Waals surface area contributed by atoms with Crippen molar-refractivity contribution in [2.24, 2.45) is 5.41 Å². The zero-order valence-electron chi connectivity index (χ0n) is 14.1. The molecule has 0 amide bonds. The van der Waals surface area contributed by atoms with E-state index in [1.54, 1.807) is 0 Å². The van der Waals surface area contributed by atoms with Crippen molar-refractivity contribution < 1.29 is 4.74 Å². The first-order chi connectivity index (χ1) is 10.1. The van der Waals surface area contributed by atoms with E-state index in [4.69, 9.17) is 4.74 Å². The second-order valence-corrected chi connectivity index (χ2v) is 7.87. The minimum Gasteiger partial charge on any atom is -0.381 e. The maximum atomic E-state index is 5.88. The molecule has 0 aromatic rings. The van der Waals surface area contributed by atoms with E-state index in [-0.39, 0.29) is 0 Å². The maximum absolute atomic E-state index is 5.88. The molecule has 3 fully saturated rings. The van der Waals surface area contributed by atoms with Crippen LogP contribution in [0.2, 0.25) is 0 Å². The average Bonchev–Trinajstić information content (AvgIpc) is 3.28. The van der Waals surface area contributed by atoms with E-state index in [1.807, 2.05) is 0 Å². The molecule has 2 heterocycles. The molecule has 2 aliphatic heterocycles. The zero-order valence-corrected chi connectivity index (χ0v) is 14.1. The summed E-state index contributed by atoms with van der Waals surface area (Å²) in [5.74, 6) is 0. The third-order valence-corrected chi connectivity index (χ3v) is 5.74. The SMILES string of the molecule is CC1CN(CC2(CNC3CC3)CCCOC2)CC(C)N1C. The minimum absolute atomic E-state index is 0.343. The molecular formula is C17H33N3O. The molecule has 1 N–H and O–H groups in total. The van der Waals surface area contributed by atoms with Gasteiger partial charge >= 0.3 is 0 Å². The topological polar surface area (TPSA) is 27.7 Å². The van der Waals surface area contributed by atoms with Crippen molar-refractivity contribution in [2.75, 3.05) is 46.4 Å². The maximum Gasteiger partial charge on any atom is 0.0546 e. The highest BCUT2D eigenvalue weighted by atomic mass is 16.5. The summed E-state index contributed by atoms with van der Waals surface area (Å²) in [7, 11) is 2.26. The predicted octanol–water partition coefficient (Wildman–Crippen LogP) is 1.56. The molecule has 3 unspecified atom stereocenters. The molecule has 0 bridgehead atoms. The molecule has 2 saturated heterocycles. The fourth-order valence-electron chi connectivity index (χ4n) is 4.00. The first-order valence-corrected chi connectivity index (χ1v) is 8.83. The van der Waals surface area contributed by atoms with Crippen LogP contribution in [0.1, 0.15) is 39.5 Å². The average molecular weight is 295 g/mol. The Morgan fingerprint density at radius 3 is 2.48 bits per heavy atom. The van der Waals surface area contributed by atoms with Crippen molar-refractivity contribution in [1.29, 1.82) is 0 Å². The number of nitrogens with one attached hydrogen (secondary N) is 1. The molecule has 4 nitrogen and oxygen atoms in total. The van der Waals surface area contributed by atoms with Crippen LogP contribution >= 0.6 is 0 Å². The Balaban J connectivity index is 1.60. The number of piperazine rings is 1. The lowest BCUT2D eigenvalue weighted by Gasteiger charge is -2.47. The summed E-state index contributed by atoms with van der Waals surface area (Å²) >= 11 is 0. The summed E-state index contributed by atoms with van der Waals surface area (Å²) in [5, 5.41) is 3.77. The molecular weight excluding hydrogens is 262 g/mol. The summed E-state index contributed by atoms with van der Waals surface area (Å²) in [6.07, 6.45) is 5.30. The first kappa shape index (κ1) is 15.7. The monoisotopic (exact) mass is 295 g/mol. The van der Waals surface area contributed by atoms with E-state index in [9.17, 15) is 0 Å². The Morgan fingerprint density at radius 2 is 1.90 bits per heavy atom. The smallest absolute Gasteiger partial charge is 0.0546 e. The second-order valence-electron chi connectivity index (χ2n) is 7.87. The lowest BCUT2D eigenvalue weighted by Crippen LogP contribution is -2.59. The van der Waals surface area contributed by atoms with Crippen LogP contribution in [0.3, 0.4) is 0 Å². The van der Waals surface area contributed by atoms with Crippen molar-refractivity contribution in [3.05, 3.63) is 0 Å². The molecule has 3 aliphatic rings. The summed E-state index contributed by atoms with van der Waals surface area (Å²) < 4.78 is 5.88. The summed E-state index contributed by atoms with van der Waals surface area (Å²) in [5.41, 5.74) is 0.343. The molecule has 21 heavy (non-hydrogen) atoms. The molecule has 0 spiro atoms. The van der Waals surface area contributed by atoms with E-state index in [0.717, 1.165) is 25.8 Å². The van der Waals surface area contributed by atoms with Gasteiger partial charge in [-0.2, -0.15) is 0 Å². The summed E-state index contributed by atoms with van der Waals surface area (Å²) in [4.78, 5) is 5.21. The molecule has 0 aromatic carbocycles. The van der Waals surface area contributed by atoms with Gasteiger partial charge in [0.2, 0.25) is 0 Å². The van der Waals surface area contributed by atoms with Crippen molar-refractivity contribution >= 4 is 0 Å². The van der Waals surface area contributed by atoms with Crippen LogP contribution in [0.5, 0.6) is 0 Å². The van der Waals surface area contributed by atoms with Gasteiger partial charge in [-0.05, 0) is 46.6 Å². The van der Waals surface area contributed by atoms with E-state index in [0.29, 0.717) is 17.5 Å². The lowest BCUT2D eigenvalue weighted by molar-refractivity contribution is -0.0430. The van der Waals surface area contributed by atoms with Crippen molar-refractivity contribution in [3.8, 4) is 0 Å². The molecule has 0 aromatic heterocycles. The van der Waals surface area contributed by atoms with Crippen LogP contribution in [0.15, 0.2) is 0 Å². The van der Waals surface area contributed by atoms with Crippen molar-refractivity contribution in [3.63, 3.8) is 0 Å². The van der Waals surface area contributed by atoms with E-state index >= 15 is 0 Å². The molecule has 0 radical (unpaired) electrons. The van der Waals surface area contributed by atoms with E-state index in [2.05, 4.69) is 36.0 Å². The van der Waals surface area contributed by atoms with Crippen molar-refractivity contribution in [2.45, 2.75) is 57.7 Å². The van der Waals surface area contributed by atoms with Crippen molar-refractivity contribution in [1.82, 2.24) is 15.1 Å². The fourth-order valence-corrected chi connectivity index (χ4v) is 4.00. The zero-order chi connectivity index (χ0) is 14.9. The second kappa shape index (κ2) is 6.53. The standard InChI is InChI=1S/C17H33N3O/c1-14-9-20(10-15(2)19(14)3)12-17(7-4-8-21-13-17)11-18-16-5-6-16/h14-16,18H,4-13H2,1-3H3. The quantitative estimate of drug-likeness (QED) is 0.833. The lowest BCUT2D eigenvalue weighted by atomic mass is 9.81.